The van der Waals surface area contributed by atoms with Crippen molar-refractivity contribution in [2.24, 2.45) is 17.6 Å². The molecule has 1 aromatic carbocycles. The van der Waals surface area contributed by atoms with E-state index in [1.54, 1.807) is 0 Å². The van der Waals surface area contributed by atoms with E-state index < -0.39 is 0 Å². The van der Waals surface area contributed by atoms with Crippen molar-refractivity contribution in [3.05, 3.63) is 34.9 Å². The van der Waals surface area contributed by atoms with Gasteiger partial charge in [-0.1, -0.05) is 36.2 Å². The molecule has 3 nitrogen and oxygen atoms in total. The summed E-state index contributed by atoms with van der Waals surface area (Å²) in [5, 5.41) is 0.746. The molecule has 23 heavy (non-hydrogen) atoms. The van der Waals surface area contributed by atoms with Gasteiger partial charge in [-0.25, -0.2) is 0 Å². The third-order valence-electron chi connectivity index (χ3n) is 5.25. The van der Waals surface area contributed by atoms with Crippen LogP contribution < -0.4 is 5.73 Å². The molecular formula is C18H26Cl2N2O. The molecule has 128 valence electrons. The molecule has 5 heteroatoms. The Kier molecular flexibility index (Phi) is 6.35. The van der Waals surface area contributed by atoms with E-state index in [0.29, 0.717) is 24.4 Å². The van der Waals surface area contributed by atoms with Crippen LogP contribution in [0.1, 0.15) is 50.6 Å². The van der Waals surface area contributed by atoms with E-state index in [9.17, 15) is 4.79 Å². The summed E-state index contributed by atoms with van der Waals surface area (Å²) in [7, 11) is 0. The van der Waals surface area contributed by atoms with Gasteiger partial charge < -0.3 is 10.6 Å². The van der Waals surface area contributed by atoms with Crippen LogP contribution in [0, 0.1) is 11.8 Å². The summed E-state index contributed by atoms with van der Waals surface area (Å²) < 4.78 is 0. The molecule has 2 saturated carbocycles. The van der Waals surface area contributed by atoms with E-state index in [2.05, 4.69) is 11.8 Å². The number of halogens is 2. The number of nitrogens with zero attached hydrogens (tertiary/aromatic N) is 1. The van der Waals surface area contributed by atoms with E-state index in [-0.39, 0.29) is 24.4 Å². The van der Waals surface area contributed by atoms with Gasteiger partial charge in [-0.2, -0.15) is 0 Å². The number of carbonyl (C=O) groups is 1. The summed E-state index contributed by atoms with van der Waals surface area (Å²) in [6.45, 7) is 2.72. The van der Waals surface area contributed by atoms with Gasteiger partial charge in [-0.15, -0.1) is 12.4 Å². The molecule has 1 amide bonds. The monoisotopic (exact) mass is 356 g/mol. The molecule has 0 bridgehead atoms. The van der Waals surface area contributed by atoms with Gasteiger partial charge in [-0.3, -0.25) is 4.79 Å². The van der Waals surface area contributed by atoms with Crippen LogP contribution >= 0.6 is 24.0 Å². The second-order valence-electron chi connectivity index (χ2n) is 6.71. The Hall–Kier alpha value is -0.770. The van der Waals surface area contributed by atoms with Crippen LogP contribution in [0.4, 0.5) is 0 Å². The molecule has 1 aromatic rings. The summed E-state index contributed by atoms with van der Waals surface area (Å²) in [5.41, 5.74) is 6.92. The smallest absolute Gasteiger partial charge is 0.226 e. The van der Waals surface area contributed by atoms with E-state index in [4.69, 9.17) is 17.3 Å². The molecule has 3 atom stereocenters. The van der Waals surface area contributed by atoms with Crippen molar-refractivity contribution in [1.29, 1.82) is 0 Å². The molecule has 0 spiro atoms. The summed E-state index contributed by atoms with van der Waals surface area (Å²) >= 11 is 6.35. The largest absolute Gasteiger partial charge is 0.333 e. The van der Waals surface area contributed by atoms with Crippen molar-refractivity contribution in [2.75, 3.05) is 6.54 Å². The summed E-state index contributed by atoms with van der Waals surface area (Å²) in [6, 6.07) is 8.28. The second kappa shape index (κ2) is 7.87. The molecule has 0 saturated heterocycles. The standard InChI is InChI=1S/C18H25ClN2O.ClH/c1-12(15-6-2-3-8-17(15)19)21(14-9-10-14)18(22)16-7-4-5-13(16)11-20;/h2-3,6,8,12-14,16H,4-5,7,9-11,20H2,1H3;1H/t12?,13-,16-;/m1./s1. The fourth-order valence-corrected chi connectivity index (χ4v) is 4.13. The number of carbonyl (C=O) groups excluding carboxylic acids is 1. The summed E-state index contributed by atoms with van der Waals surface area (Å²) in [5.74, 6) is 0.755. The fourth-order valence-electron chi connectivity index (χ4n) is 3.84. The van der Waals surface area contributed by atoms with E-state index in [1.807, 2.05) is 24.3 Å². The third kappa shape index (κ3) is 3.84. The van der Waals surface area contributed by atoms with Crippen LogP contribution in [0.25, 0.3) is 0 Å². The van der Waals surface area contributed by atoms with Crippen LogP contribution in [-0.2, 0) is 4.79 Å². The lowest BCUT2D eigenvalue weighted by Crippen LogP contribution is -2.42. The van der Waals surface area contributed by atoms with Gasteiger partial charge in [-0.05, 0) is 56.7 Å². The van der Waals surface area contributed by atoms with Crippen molar-refractivity contribution in [3.63, 3.8) is 0 Å². The van der Waals surface area contributed by atoms with Crippen LogP contribution in [0.15, 0.2) is 24.3 Å². The highest BCUT2D eigenvalue weighted by Gasteiger charge is 2.42. The van der Waals surface area contributed by atoms with Crippen molar-refractivity contribution in [2.45, 2.75) is 51.1 Å². The van der Waals surface area contributed by atoms with E-state index in [1.165, 1.54) is 0 Å². The minimum Gasteiger partial charge on any atom is -0.333 e. The lowest BCUT2D eigenvalue weighted by atomic mass is 9.93. The maximum atomic E-state index is 13.1. The number of amides is 1. The maximum Gasteiger partial charge on any atom is 0.226 e. The highest BCUT2D eigenvalue weighted by atomic mass is 35.5. The molecule has 2 aliphatic rings. The first-order valence-corrected chi connectivity index (χ1v) is 8.78. The van der Waals surface area contributed by atoms with E-state index >= 15 is 0 Å². The molecule has 2 aliphatic carbocycles. The van der Waals surface area contributed by atoms with Gasteiger partial charge in [0.15, 0.2) is 0 Å². The Labute approximate surface area is 150 Å². The quantitative estimate of drug-likeness (QED) is 0.859. The molecule has 3 rings (SSSR count). The predicted molar refractivity (Wildman–Crippen MR) is 96.9 cm³/mol. The molecule has 0 aromatic heterocycles. The first-order valence-electron chi connectivity index (χ1n) is 8.40. The average Bonchev–Trinajstić information content (AvgIpc) is 3.23. The van der Waals surface area contributed by atoms with Crippen molar-refractivity contribution in [1.82, 2.24) is 4.90 Å². The molecule has 0 heterocycles. The zero-order valence-corrected chi connectivity index (χ0v) is 15.2. The SMILES string of the molecule is CC(c1ccccc1Cl)N(C(=O)[C@@H]1CCC[C@@H]1CN)C1CC1.Cl. The van der Waals surface area contributed by atoms with Gasteiger partial charge in [0.05, 0.1) is 6.04 Å². The molecular weight excluding hydrogens is 331 g/mol. The highest BCUT2D eigenvalue weighted by Crippen LogP contribution is 2.41. The van der Waals surface area contributed by atoms with E-state index in [0.717, 1.165) is 42.7 Å². The third-order valence-corrected chi connectivity index (χ3v) is 5.59. The predicted octanol–water partition coefficient (Wildman–Crippen LogP) is 4.19. The topological polar surface area (TPSA) is 46.3 Å². The van der Waals surface area contributed by atoms with Crippen LogP contribution in [-0.4, -0.2) is 23.4 Å². The van der Waals surface area contributed by atoms with Gasteiger partial charge in [0.25, 0.3) is 0 Å². The summed E-state index contributed by atoms with van der Waals surface area (Å²) in [6.07, 6.45) is 5.42. The Morgan fingerprint density at radius 3 is 2.61 bits per heavy atom. The molecule has 2 N–H and O–H groups in total. The number of hydrogen-bond acceptors (Lipinski definition) is 2. The first kappa shape index (κ1) is 18.6. The van der Waals surface area contributed by atoms with Crippen molar-refractivity contribution in [3.8, 4) is 0 Å². The average molecular weight is 357 g/mol. The number of hydrogen-bond donors (Lipinski definition) is 1. The Bertz CT molecular complexity index is 548. The zero-order chi connectivity index (χ0) is 15.7. The minimum absolute atomic E-state index is 0. The maximum absolute atomic E-state index is 13.1. The lowest BCUT2D eigenvalue weighted by Gasteiger charge is -2.34. The van der Waals surface area contributed by atoms with Crippen LogP contribution in [0.2, 0.25) is 5.02 Å². The normalized spacial score (nSPS) is 24.8. The number of benzene rings is 1. The van der Waals surface area contributed by atoms with Crippen LogP contribution in [0.5, 0.6) is 0 Å². The zero-order valence-electron chi connectivity index (χ0n) is 13.6. The molecule has 0 radical (unpaired) electrons. The molecule has 1 unspecified atom stereocenters. The Morgan fingerprint density at radius 2 is 2.00 bits per heavy atom. The number of rotatable bonds is 5. The van der Waals surface area contributed by atoms with Gasteiger partial charge in [0, 0.05) is 17.0 Å². The highest BCUT2D eigenvalue weighted by molar-refractivity contribution is 6.31. The summed E-state index contributed by atoms with van der Waals surface area (Å²) in [4.78, 5) is 15.2. The van der Waals surface area contributed by atoms with Gasteiger partial charge in [0.1, 0.15) is 0 Å². The Morgan fingerprint density at radius 1 is 1.30 bits per heavy atom. The first-order chi connectivity index (χ1) is 10.6. The molecule has 0 aliphatic heterocycles. The minimum atomic E-state index is 0. The number of nitrogens with two attached hydrogens (primary N) is 1. The van der Waals surface area contributed by atoms with Crippen molar-refractivity contribution >= 4 is 29.9 Å². The second-order valence-corrected chi connectivity index (χ2v) is 7.11. The van der Waals surface area contributed by atoms with Crippen molar-refractivity contribution < 1.29 is 4.79 Å². The lowest BCUT2D eigenvalue weighted by molar-refractivity contribution is -0.139. The van der Waals surface area contributed by atoms with Crippen LogP contribution in [0.3, 0.4) is 0 Å². The van der Waals surface area contributed by atoms with Gasteiger partial charge >= 0.3 is 0 Å². The van der Waals surface area contributed by atoms with Gasteiger partial charge in [0.2, 0.25) is 5.91 Å². The Balaban J connectivity index is 0.00000192. The fraction of sp³-hybridized carbons (Fsp3) is 0.611. The molecule has 2 fully saturated rings.